The van der Waals surface area contributed by atoms with Gasteiger partial charge in [0.2, 0.25) is 0 Å². The summed E-state index contributed by atoms with van der Waals surface area (Å²) in [6, 6.07) is 12.0. The van der Waals surface area contributed by atoms with Gasteiger partial charge in [0.1, 0.15) is 0 Å². The summed E-state index contributed by atoms with van der Waals surface area (Å²) in [7, 11) is 0. The standard InChI is InChI=1S/C19H17BrN2O2/c1-11-9-14(22(23)24)10-17-15-3-2-4-16(15)19(21-18(11)17)12-5-7-13(20)8-6-12/h2-3,5-10,15-16,19,21H,4H2,1H3/t15-,16+,19+/m0/s1. The number of rotatable bonds is 2. The Balaban J connectivity index is 1.82. The van der Waals surface area contributed by atoms with Gasteiger partial charge in [0.05, 0.1) is 11.0 Å². The Bertz CT molecular complexity index is 845. The van der Waals surface area contributed by atoms with Gasteiger partial charge in [0.15, 0.2) is 0 Å². The van der Waals surface area contributed by atoms with Crippen LogP contribution in [0.25, 0.3) is 0 Å². The summed E-state index contributed by atoms with van der Waals surface area (Å²) in [6.45, 7) is 1.94. The van der Waals surface area contributed by atoms with Crippen LogP contribution in [0.3, 0.4) is 0 Å². The van der Waals surface area contributed by atoms with Crippen molar-refractivity contribution in [2.24, 2.45) is 5.92 Å². The van der Waals surface area contributed by atoms with Crippen LogP contribution in [0, 0.1) is 23.0 Å². The first-order chi connectivity index (χ1) is 11.5. The molecule has 24 heavy (non-hydrogen) atoms. The van der Waals surface area contributed by atoms with E-state index in [1.54, 1.807) is 12.1 Å². The Kier molecular flexibility index (Phi) is 3.68. The largest absolute Gasteiger partial charge is 0.377 e. The number of halogens is 1. The van der Waals surface area contributed by atoms with Gasteiger partial charge in [-0.3, -0.25) is 10.1 Å². The summed E-state index contributed by atoms with van der Waals surface area (Å²) < 4.78 is 1.07. The Hall–Kier alpha value is -2.14. The van der Waals surface area contributed by atoms with E-state index in [9.17, 15) is 10.1 Å². The Morgan fingerprint density at radius 2 is 2.00 bits per heavy atom. The molecule has 1 N–H and O–H groups in total. The highest BCUT2D eigenvalue weighted by Crippen LogP contribution is 2.51. The highest BCUT2D eigenvalue weighted by Gasteiger charge is 2.39. The molecular formula is C19H17BrN2O2. The number of nitro benzene ring substituents is 1. The van der Waals surface area contributed by atoms with Crippen LogP contribution in [0.1, 0.15) is 35.1 Å². The number of non-ortho nitro benzene ring substituents is 1. The monoisotopic (exact) mass is 384 g/mol. The quantitative estimate of drug-likeness (QED) is 0.422. The Labute approximate surface area is 148 Å². The SMILES string of the molecule is Cc1cc([N+](=O)[O-])cc2c1N[C@H](c1ccc(Br)cc1)[C@@H]1CC=C[C@H]21. The van der Waals surface area contributed by atoms with Crippen molar-refractivity contribution >= 4 is 27.3 Å². The average Bonchev–Trinajstić information content (AvgIpc) is 3.05. The number of aryl methyl sites for hydroxylation is 1. The highest BCUT2D eigenvalue weighted by molar-refractivity contribution is 9.10. The van der Waals surface area contributed by atoms with Gasteiger partial charge in [-0.2, -0.15) is 0 Å². The van der Waals surface area contributed by atoms with Gasteiger partial charge >= 0.3 is 0 Å². The van der Waals surface area contributed by atoms with E-state index in [-0.39, 0.29) is 22.6 Å². The predicted octanol–water partition coefficient (Wildman–Crippen LogP) is 5.49. The number of benzene rings is 2. The molecule has 3 atom stereocenters. The molecule has 5 heteroatoms. The van der Waals surface area contributed by atoms with Crippen molar-refractivity contribution in [3.05, 3.63) is 79.8 Å². The zero-order valence-corrected chi connectivity index (χ0v) is 14.8. The molecule has 0 fully saturated rings. The fourth-order valence-corrected chi connectivity index (χ4v) is 4.24. The predicted molar refractivity (Wildman–Crippen MR) is 98.3 cm³/mol. The second kappa shape index (κ2) is 5.74. The van der Waals surface area contributed by atoms with E-state index in [1.165, 1.54) is 5.56 Å². The maximum Gasteiger partial charge on any atom is 0.270 e. The van der Waals surface area contributed by atoms with Crippen LogP contribution in [-0.2, 0) is 0 Å². The zero-order valence-electron chi connectivity index (χ0n) is 13.2. The Morgan fingerprint density at radius 3 is 2.71 bits per heavy atom. The van der Waals surface area contributed by atoms with Gasteiger partial charge in [0.25, 0.3) is 5.69 Å². The molecule has 2 aromatic rings. The van der Waals surface area contributed by atoms with Crippen molar-refractivity contribution in [2.45, 2.75) is 25.3 Å². The van der Waals surface area contributed by atoms with Gasteiger partial charge in [-0.15, -0.1) is 0 Å². The zero-order chi connectivity index (χ0) is 16.8. The lowest BCUT2D eigenvalue weighted by Crippen LogP contribution is -2.29. The first kappa shape index (κ1) is 15.4. The lowest BCUT2D eigenvalue weighted by Gasteiger charge is -2.38. The van der Waals surface area contributed by atoms with Gasteiger partial charge in [-0.25, -0.2) is 0 Å². The summed E-state index contributed by atoms with van der Waals surface area (Å²) in [5, 5.41) is 14.9. The van der Waals surface area contributed by atoms with Crippen LogP contribution in [0.15, 0.2) is 53.0 Å². The van der Waals surface area contributed by atoms with Crippen molar-refractivity contribution in [1.29, 1.82) is 0 Å². The summed E-state index contributed by atoms with van der Waals surface area (Å²) in [4.78, 5) is 10.9. The van der Waals surface area contributed by atoms with Crippen molar-refractivity contribution in [3.63, 3.8) is 0 Å². The van der Waals surface area contributed by atoms with Crippen LogP contribution in [0.2, 0.25) is 0 Å². The molecule has 0 aromatic heterocycles. The van der Waals surface area contributed by atoms with Gasteiger partial charge < -0.3 is 5.32 Å². The molecule has 2 aliphatic rings. The second-order valence-corrected chi connectivity index (χ2v) is 7.43. The smallest absolute Gasteiger partial charge is 0.270 e. The molecule has 0 saturated heterocycles. The molecule has 4 rings (SSSR count). The number of hydrogen-bond donors (Lipinski definition) is 1. The molecule has 0 amide bonds. The van der Waals surface area contributed by atoms with Gasteiger partial charge in [0, 0.05) is 28.2 Å². The van der Waals surface area contributed by atoms with E-state index < -0.39 is 0 Å². The molecule has 2 aromatic carbocycles. The molecule has 0 radical (unpaired) electrons. The number of allylic oxidation sites excluding steroid dienone is 2. The van der Waals surface area contributed by atoms with E-state index in [0.29, 0.717) is 5.92 Å². The third kappa shape index (κ3) is 2.44. The molecule has 122 valence electrons. The van der Waals surface area contributed by atoms with E-state index in [2.05, 4.69) is 57.7 Å². The van der Waals surface area contributed by atoms with Gasteiger partial charge in [-0.1, -0.05) is 40.2 Å². The number of nitrogens with one attached hydrogen (secondary N) is 1. The van der Waals surface area contributed by atoms with Crippen molar-refractivity contribution in [2.75, 3.05) is 5.32 Å². The van der Waals surface area contributed by atoms with Gasteiger partial charge in [-0.05, 0) is 48.1 Å². The number of hydrogen-bond acceptors (Lipinski definition) is 3. The molecule has 4 nitrogen and oxygen atoms in total. The minimum Gasteiger partial charge on any atom is -0.377 e. The highest BCUT2D eigenvalue weighted by atomic mass is 79.9. The molecule has 1 heterocycles. The van der Waals surface area contributed by atoms with E-state index >= 15 is 0 Å². The normalized spacial score (nSPS) is 24.2. The van der Waals surface area contributed by atoms with Crippen LogP contribution in [-0.4, -0.2) is 4.92 Å². The number of nitro groups is 1. The summed E-state index contributed by atoms with van der Waals surface area (Å²) >= 11 is 3.49. The molecule has 0 unspecified atom stereocenters. The first-order valence-corrected chi connectivity index (χ1v) is 8.81. The summed E-state index contributed by atoms with van der Waals surface area (Å²) in [5.74, 6) is 0.619. The number of fused-ring (bicyclic) bond motifs is 3. The topological polar surface area (TPSA) is 55.2 Å². The minimum atomic E-state index is -0.304. The molecule has 0 saturated carbocycles. The van der Waals surface area contributed by atoms with Crippen molar-refractivity contribution < 1.29 is 4.92 Å². The van der Waals surface area contributed by atoms with Crippen LogP contribution < -0.4 is 5.32 Å². The second-order valence-electron chi connectivity index (χ2n) is 6.51. The van der Waals surface area contributed by atoms with E-state index in [0.717, 1.165) is 27.7 Å². The van der Waals surface area contributed by atoms with Crippen molar-refractivity contribution in [3.8, 4) is 0 Å². The average molecular weight is 385 g/mol. The maximum atomic E-state index is 11.2. The van der Waals surface area contributed by atoms with E-state index in [4.69, 9.17) is 0 Å². The third-order valence-corrected chi connectivity index (χ3v) is 5.62. The molecule has 1 aliphatic heterocycles. The fourth-order valence-electron chi connectivity index (χ4n) is 3.97. The first-order valence-electron chi connectivity index (χ1n) is 8.02. The lowest BCUT2D eigenvalue weighted by molar-refractivity contribution is -0.385. The van der Waals surface area contributed by atoms with Crippen LogP contribution >= 0.6 is 15.9 Å². The summed E-state index contributed by atoms with van der Waals surface area (Å²) in [5.41, 5.74) is 4.45. The molecular weight excluding hydrogens is 368 g/mol. The molecule has 1 aliphatic carbocycles. The fraction of sp³-hybridized carbons (Fsp3) is 0.263. The van der Waals surface area contributed by atoms with Crippen LogP contribution in [0.4, 0.5) is 11.4 Å². The number of anilines is 1. The molecule has 0 bridgehead atoms. The minimum absolute atomic E-state index is 0.175. The third-order valence-electron chi connectivity index (χ3n) is 5.09. The van der Waals surface area contributed by atoms with E-state index in [1.807, 2.05) is 6.92 Å². The summed E-state index contributed by atoms with van der Waals surface area (Å²) in [6.07, 6.45) is 5.39. The lowest BCUT2D eigenvalue weighted by atomic mass is 9.76. The Morgan fingerprint density at radius 1 is 1.25 bits per heavy atom. The number of nitrogens with zero attached hydrogens (tertiary/aromatic N) is 1. The van der Waals surface area contributed by atoms with Crippen LogP contribution in [0.5, 0.6) is 0 Å². The van der Waals surface area contributed by atoms with Crippen molar-refractivity contribution in [1.82, 2.24) is 0 Å². The molecule has 0 spiro atoms. The maximum absolute atomic E-state index is 11.2.